The van der Waals surface area contributed by atoms with Crippen LogP contribution in [0.15, 0.2) is 12.7 Å². The summed E-state index contributed by atoms with van der Waals surface area (Å²) in [5.74, 6) is 0.284. The lowest BCUT2D eigenvalue weighted by Gasteiger charge is -2.20. The van der Waals surface area contributed by atoms with Crippen molar-refractivity contribution in [3.63, 3.8) is 0 Å². The zero-order chi connectivity index (χ0) is 8.27. The van der Waals surface area contributed by atoms with Crippen LogP contribution in [-0.4, -0.2) is 27.8 Å². The van der Waals surface area contributed by atoms with Crippen LogP contribution < -0.4 is 0 Å². The van der Waals surface area contributed by atoms with Crippen LogP contribution in [0, 0.1) is 0 Å². The van der Waals surface area contributed by atoms with Crippen LogP contribution in [0.2, 0.25) is 0 Å². The van der Waals surface area contributed by atoms with Gasteiger partial charge in [-0.05, 0) is 6.42 Å². The van der Waals surface area contributed by atoms with E-state index in [1.165, 1.54) is 0 Å². The van der Waals surface area contributed by atoms with Crippen molar-refractivity contribution in [3.05, 3.63) is 12.7 Å². The van der Waals surface area contributed by atoms with Crippen LogP contribution in [-0.2, 0) is 4.79 Å². The van der Waals surface area contributed by atoms with Crippen molar-refractivity contribution in [2.75, 3.05) is 11.0 Å². The molecule has 11 heavy (non-hydrogen) atoms. The molecule has 0 aromatic rings. The molecule has 1 aliphatic rings. The highest BCUT2D eigenvalue weighted by Crippen LogP contribution is 2.19. The number of amides is 1. The van der Waals surface area contributed by atoms with Gasteiger partial charge in [0.25, 0.3) is 0 Å². The fourth-order valence-corrected chi connectivity index (χ4v) is 2.26. The number of alkyl halides is 1. The Balaban J connectivity index is 2.55. The van der Waals surface area contributed by atoms with E-state index in [4.69, 9.17) is 0 Å². The second kappa shape index (κ2) is 4.09. The Kier molecular flexibility index (Phi) is 3.36. The summed E-state index contributed by atoms with van der Waals surface area (Å²) < 4.78 is 1.04. The van der Waals surface area contributed by atoms with Gasteiger partial charge < -0.3 is 4.90 Å². The van der Waals surface area contributed by atoms with E-state index in [-0.39, 0.29) is 5.91 Å². The van der Waals surface area contributed by atoms with Crippen LogP contribution in [0.25, 0.3) is 0 Å². The zero-order valence-electron chi connectivity index (χ0n) is 6.42. The van der Waals surface area contributed by atoms with Gasteiger partial charge >= 0.3 is 0 Å². The van der Waals surface area contributed by atoms with Gasteiger partial charge in [-0.1, -0.05) is 28.7 Å². The third-order valence-corrected chi connectivity index (χ3v) is 2.97. The van der Waals surface area contributed by atoms with E-state index in [9.17, 15) is 4.79 Å². The molecule has 1 heterocycles. The summed E-state index contributed by atoms with van der Waals surface area (Å²) in [7, 11) is 0. The van der Waals surface area contributed by atoms with Crippen LogP contribution in [0.3, 0.4) is 0 Å². The number of hydrogen-bond acceptors (Lipinski definition) is 1. The summed E-state index contributed by atoms with van der Waals surface area (Å²) in [5, 5.41) is 0. The molecule has 0 spiro atoms. The monoisotopic (exact) mass is 265 g/mol. The van der Waals surface area contributed by atoms with Gasteiger partial charge in [0.05, 0.1) is 0 Å². The molecular formula is C8H12INO. The maximum atomic E-state index is 11.2. The van der Waals surface area contributed by atoms with Crippen molar-refractivity contribution in [1.29, 1.82) is 0 Å². The van der Waals surface area contributed by atoms with Crippen molar-refractivity contribution in [2.24, 2.45) is 0 Å². The summed E-state index contributed by atoms with van der Waals surface area (Å²) in [6, 6.07) is 0.459. The quantitative estimate of drug-likeness (QED) is 0.431. The minimum Gasteiger partial charge on any atom is -0.335 e. The first-order valence-electron chi connectivity index (χ1n) is 3.76. The Bertz CT molecular complexity index is 169. The average Bonchev–Trinajstić information content (AvgIpc) is 2.34. The van der Waals surface area contributed by atoms with Gasteiger partial charge in [-0.15, -0.1) is 6.58 Å². The van der Waals surface area contributed by atoms with Gasteiger partial charge in [0.2, 0.25) is 5.91 Å². The molecule has 0 aliphatic carbocycles. The van der Waals surface area contributed by atoms with E-state index in [0.29, 0.717) is 12.6 Å². The molecule has 1 saturated heterocycles. The van der Waals surface area contributed by atoms with Crippen molar-refractivity contribution in [2.45, 2.75) is 18.9 Å². The molecule has 1 rings (SSSR count). The summed E-state index contributed by atoms with van der Waals surface area (Å²) in [5.41, 5.74) is 0. The fourth-order valence-electron chi connectivity index (χ4n) is 1.34. The predicted molar refractivity (Wildman–Crippen MR) is 53.8 cm³/mol. The highest BCUT2D eigenvalue weighted by molar-refractivity contribution is 14.1. The number of carbonyl (C=O) groups is 1. The van der Waals surface area contributed by atoms with Crippen LogP contribution in [0.5, 0.6) is 0 Å². The molecular weight excluding hydrogens is 253 g/mol. The van der Waals surface area contributed by atoms with E-state index >= 15 is 0 Å². The molecule has 0 bridgehead atoms. The van der Waals surface area contributed by atoms with E-state index in [0.717, 1.165) is 17.3 Å². The van der Waals surface area contributed by atoms with Crippen molar-refractivity contribution >= 4 is 28.5 Å². The van der Waals surface area contributed by atoms with E-state index in [1.807, 2.05) is 4.90 Å². The normalized spacial score (nSPS) is 24.3. The molecule has 0 N–H and O–H groups in total. The lowest BCUT2D eigenvalue weighted by molar-refractivity contribution is -0.128. The van der Waals surface area contributed by atoms with Gasteiger partial charge in [-0.2, -0.15) is 0 Å². The van der Waals surface area contributed by atoms with Gasteiger partial charge in [0.15, 0.2) is 0 Å². The molecule has 2 nitrogen and oxygen atoms in total. The number of hydrogen-bond donors (Lipinski definition) is 0. The number of likely N-dealkylation sites (tertiary alicyclic amines) is 1. The summed E-state index contributed by atoms with van der Waals surface area (Å²) in [6.07, 6.45) is 3.54. The van der Waals surface area contributed by atoms with Gasteiger partial charge in [-0.3, -0.25) is 4.79 Å². The number of halogens is 1. The Morgan fingerprint density at radius 3 is 3.09 bits per heavy atom. The van der Waals surface area contributed by atoms with Gasteiger partial charge in [-0.25, -0.2) is 0 Å². The molecule has 0 radical (unpaired) electrons. The van der Waals surface area contributed by atoms with Crippen LogP contribution >= 0.6 is 22.6 Å². The molecule has 1 aliphatic heterocycles. The Hall–Kier alpha value is -0.0600. The minimum absolute atomic E-state index is 0.284. The SMILES string of the molecule is C=CCN1C(=O)CCC1CI. The van der Waals surface area contributed by atoms with Crippen molar-refractivity contribution < 1.29 is 4.79 Å². The first-order valence-corrected chi connectivity index (χ1v) is 5.28. The first-order chi connectivity index (χ1) is 5.29. The molecule has 1 atom stereocenters. The zero-order valence-corrected chi connectivity index (χ0v) is 8.58. The fraction of sp³-hybridized carbons (Fsp3) is 0.625. The van der Waals surface area contributed by atoms with Crippen LogP contribution in [0.4, 0.5) is 0 Å². The standard InChI is InChI=1S/C8H12INO/c1-2-5-10-7(6-9)3-4-8(10)11/h2,7H,1,3-6H2. The second-order valence-corrected chi connectivity index (χ2v) is 3.56. The van der Waals surface area contributed by atoms with E-state index in [1.54, 1.807) is 6.08 Å². The largest absolute Gasteiger partial charge is 0.335 e. The third kappa shape index (κ3) is 1.95. The smallest absolute Gasteiger partial charge is 0.223 e. The number of nitrogens with zero attached hydrogens (tertiary/aromatic N) is 1. The predicted octanol–water partition coefficient (Wildman–Crippen LogP) is 1.60. The number of rotatable bonds is 3. The first kappa shape index (κ1) is 9.03. The Labute approximate surface area is 80.8 Å². The average molecular weight is 265 g/mol. The second-order valence-electron chi connectivity index (χ2n) is 2.68. The lowest BCUT2D eigenvalue weighted by Crippen LogP contribution is -2.33. The summed E-state index contributed by atoms with van der Waals surface area (Å²) in [6.45, 7) is 4.35. The lowest BCUT2D eigenvalue weighted by atomic mass is 10.2. The van der Waals surface area contributed by atoms with E-state index in [2.05, 4.69) is 29.2 Å². The van der Waals surface area contributed by atoms with Crippen molar-refractivity contribution in [1.82, 2.24) is 4.90 Å². The van der Waals surface area contributed by atoms with Gasteiger partial charge in [0.1, 0.15) is 0 Å². The summed E-state index contributed by atoms with van der Waals surface area (Å²) in [4.78, 5) is 13.1. The highest BCUT2D eigenvalue weighted by atomic mass is 127. The topological polar surface area (TPSA) is 20.3 Å². The highest BCUT2D eigenvalue weighted by Gasteiger charge is 2.28. The van der Waals surface area contributed by atoms with E-state index < -0.39 is 0 Å². The third-order valence-electron chi connectivity index (χ3n) is 1.96. The molecule has 0 saturated carbocycles. The molecule has 0 aromatic carbocycles. The number of carbonyl (C=O) groups excluding carboxylic acids is 1. The molecule has 62 valence electrons. The Morgan fingerprint density at radius 2 is 2.55 bits per heavy atom. The molecule has 1 amide bonds. The molecule has 0 aromatic heterocycles. The van der Waals surface area contributed by atoms with Crippen LogP contribution in [0.1, 0.15) is 12.8 Å². The minimum atomic E-state index is 0.284. The molecule has 1 unspecified atom stereocenters. The maximum absolute atomic E-state index is 11.2. The Morgan fingerprint density at radius 1 is 1.82 bits per heavy atom. The maximum Gasteiger partial charge on any atom is 0.223 e. The van der Waals surface area contributed by atoms with Crippen molar-refractivity contribution in [3.8, 4) is 0 Å². The summed E-state index contributed by atoms with van der Waals surface area (Å²) >= 11 is 2.33. The molecule has 1 fully saturated rings. The van der Waals surface area contributed by atoms with Gasteiger partial charge in [0, 0.05) is 23.4 Å². The molecule has 3 heteroatoms.